The van der Waals surface area contributed by atoms with Crippen LogP contribution in [0.5, 0.6) is 0 Å². The van der Waals surface area contributed by atoms with Crippen molar-refractivity contribution in [3.05, 3.63) is 0 Å². The molecule has 0 bridgehead atoms. The number of carbonyl (C=O) groups excluding carboxylic acids is 1. The van der Waals surface area contributed by atoms with Crippen molar-refractivity contribution in [2.75, 3.05) is 37.7 Å². The van der Waals surface area contributed by atoms with Crippen molar-refractivity contribution >= 4 is 15.7 Å². The third-order valence-corrected chi connectivity index (χ3v) is 6.23. The molecule has 2 saturated heterocycles. The van der Waals surface area contributed by atoms with Crippen LogP contribution in [0.25, 0.3) is 0 Å². The maximum absolute atomic E-state index is 12.0. The number of nitrogens with one attached hydrogen (secondary N) is 1. The Morgan fingerprint density at radius 3 is 2.75 bits per heavy atom. The molecule has 1 amide bonds. The van der Waals surface area contributed by atoms with Gasteiger partial charge in [-0.1, -0.05) is 6.92 Å². The van der Waals surface area contributed by atoms with E-state index in [1.165, 1.54) is 0 Å². The van der Waals surface area contributed by atoms with Crippen LogP contribution in [0.15, 0.2) is 0 Å². The fourth-order valence-corrected chi connectivity index (χ4v) is 4.73. The number of piperidine rings is 1. The van der Waals surface area contributed by atoms with E-state index in [4.69, 9.17) is 5.73 Å². The first-order chi connectivity index (χ1) is 9.39. The highest BCUT2D eigenvalue weighted by atomic mass is 32.2. The summed E-state index contributed by atoms with van der Waals surface area (Å²) in [6, 6.07) is -0.207. The van der Waals surface area contributed by atoms with Crippen LogP contribution in [-0.2, 0) is 14.6 Å². The van der Waals surface area contributed by atoms with Crippen molar-refractivity contribution in [1.29, 1.82) is 0 Å². The van der Waals surface area contributed by atoms with E-state index in [9.17, 15) is 13.2 Å². The minimum atomic E-state index is -2.94. The number of hydrogen-bond donors (Lipinski definition) is 2. The number of rotatable bonds is 4. The highest BCUT2D eigenvalue weighted by molar-refractivity contribution is 7.91. The standard InChI is InChI=1S/C13H25N3O3S/c1-10-2-4-16(7-11(10)6-14)8-13(17)15-12-3-5-20(18,19)9-12/h10-12H,2-9,14H2,1H3,(H,15,17). The molecule has 2 rings (SSSR count). The van der Waals surface area contributed by atoms with Crippen LogP contribution in [-0.4, -0.2) is 63.0 Å². The Morgan fingerprint density at radius 2 is 2.15 bits per heavy atom. The van der Waals surface area contributed by atoms with Crippen molar-refractivity contribution in [3.8, 4) is 0 Å². The van der Waals surface area contributed by atoms with Gasteiger partial charge in [-0.3, -0.25) is 9.69 Å². The van der Waals surface area contributed by atoms with E-state index in [1.54, 1.807) is 0 Å². The van der Waals surface area contributed by atoms with Crippen molar-refractivity contribution < 1.29 is 13.2 Å². The second-order valence-electron chi connectivity index (χ2n) is 6.16. The molecule has 6 nitrogen and oxygen atoms in total. The van der Waals surface area contributed by atoms with Gasteiger partial charge >= 0.3 is 0 Å². The summed E-state index contributed by atoms with van der Waals surface area (Å²) in [7, 11) is -2.94. The van der Waals surface area contributed by atoms with E-state index >= 15 is 0 Å². The minimum Gasteiger partial charge on any atom is -0.351 e. The molecule has 0 aliphatic carbocycles. The molecule has 2 aliphatic rings. The monoisotopic (exact) mass is 303 g/mol. The average molecular weight is 303 g/mol. The summed E-state index contributed by atoms with van der Waals surface area (Å²) in [5.74, 6) is 1.26. The molecule has 20 heavy (non-hydrogen) atoms. The Morgan fingerprint density at radius 1 is 1.40 bits per heavy atom. The molecule has 2 heterocycles. The van der Waals surface area contributed by atoms with Gasteiger partial charge in [-0.25, -0.2) is 8.42 Å². The lowest BCUT2D eigenvalue weighted by atomic mass is 9.87. The first-order valence-corrected chi connectivity index (χ1v) is 9.14. The molecule has 0 saturated carbocycles. The smallest absolute Gasteiger partial charge is 0.234 e. The topological polar surface area (TPSA) is 92.5 Å². The van der Waals surface area contributed by atoms with Crippen LogP contribution in [0.4, 0.5) is 0 Å². The number of carbonyl (C=O) groups is 1. The zero-order valence-electron chi connectivity index (χ0n) is 12.0. The van der Waals surface area contributed by atoms with Gasteiger partial charge in [0.2, 0.25) is 5.91 Å². The predicted molar refractivity (Wildman–Crippen MR) is 78.0 cm³/mol. The van der Waals surface area contributed by atoms with Gasteiger partial charge in [-0.05, 0) is 37.8 Å². The molecule has 0 aromatic rings. The van der Waals surface area contributed by atoms with Crippen molar-refractivity contribution in [3.63, 3.8) is 0 Å². The largest absolute Gasteiger partial charge is 0.351 e. The maximum Gasteiger partial charge on any atom is 0.234 e. The minimum absolute atomic E-state index is 0.0718. The van der Waals surface area contributed by atoms with E-state index in [0.717, 1.165) is 19.5 Å². The Bertz CT molecular complexity index is 452. The lowest BCUT2D eigenvalue weighted by Gasteiger charge is -2.36. The molecular weight excluding hydrogens is 278 g/mol. The number of likely N-dealkylation sites (tertiary alicyclic amines) is 1. The van der Waals surface area contributed by atoms with Gasteiger partial charge in [0.05, 0.1) is 18.1 Å². The molecule has 0 aromatic heterocycles. The van der Waals surface area contributed by atoms with Gasteiger partial charge in [0, 0.05) is 12.6 Å². The summed E-state index contributed by atoms with van der Waals surface area (Å²) >= 11 is 0. The third-order valence-electron chi connectivity index (χ3n) is 4.47. The second kappa shape index (κ2) is 6.41. The number of sulfone groups is 1. The normalized spacial score (nSPS) is 34.0. The quantitative estimate of drug-likeness (QED) is 0.710. The number of amides is 1. The Kier molecular flexibility index (Phi) is 5.04. The highest BCUT2D eigenvalue weighted by Gasteiger charge is 2.30. The van der Waals surface area contributed by atoms with E-state index in [1.807, 2.05) is 0 Å². The SMILES string of the molecule is CC1CCN(CC(=O)NC2CCS(=O)(=O)C2)CC1CN. The van der Waals surface area contributed by atoms with Gasteiger partial charge in [-0.2, -0.15) is 0 Å². The summed E-state index contributed by atoms with van der Waals surface area (Å²) in [6.07, 6.45) is 1.60. The van der Waals surface area contributed by atoms with Gasteiger partial charge < -0.3 is 11.1 Å². The van der Waals surface area contributed by atoms with Gasteiger partial charge in [0.25, 0.3) is 0 Å². The molecule has 3 N–H and O–H groups in total. The zero-order valence-corrected chi connectivity index (χ0v) is 12.9. The molecule has 7 heteroatoms. The summed E-state index contributed by atoms with van der Waals surface area (Å²) < 4.78 is 22.7. The molecule has 116 valence electrons. The van der Waals surface area contributed by atoms with Crippen LogP contribution in [0.1, 0.15) is 19.8 Å². The molecule has 0 radical (unpaired) electrons. The van der Waals surface area contributed by atoms with Crippen molar-refractivity contribution in [2.45, 2.75) is 25.8 Å². The average Bonchev–Trinajstić information content (AvgIpc) is 2.71. The zero-order chi connectivity index (χ0) is 14.8. The van der Waals surface area contributed by atoms with Crippen molar-refractivity contribution in [2.24, 2.45) is 17.6 Å². The van der Waals surface area contributed by atoms with Crippen molar-refractivity contribution in [1.82, 2.24) is 10.2 Å². The van der Waals surface area contributed by atoms with Gasteiger partial charge in [0.15, 0.2) is 9.84 Å². The first-order valence-electron chi connectivity index (χ1n) is 7.32. The Balaban J connectivity index is 1.77. The van der Waals surface area contributed by atoms with Crippen LogP contribution in [0.3, 0.4) is 0 Å². The van der Waals surface area contributed by atoms with Crippen LogP contribution in [0, 0.1) is 11.8 Å². The molecule has 2 fully saturated rings. The maximum atomic E-state index is 12.0. The van der Waals surface area contributed by atoms with E-state index in [2.05, 4.69) is 17.1 Å². The van der Waals surface area contributed by atoms with E-state index in [0.29, 0.717) is 31.3 Å². The van der Waals surface area contributed by atoms with Gasteiger partial charge in [-0.15, -0.1) is 0 Å². The lowest BCUT2D eigenvalue weighted by Crippen LogP contribution is -2.48. The number of nitrogens with zero attached hydrogens (tertiary/aromatic N) is 1. The fourth-order valence-electron chi connectivity index (χ4n) is 3.06. The van der Waals surface area contributed by atoms with Crippen LogP contribution >= 0.6 is 0 Å². The molecule has 0 spiro atoms. The van der Waals surface area contributed by atoms with Crippen LogP contribution < -0.4 is 11.1 Å². The molecule has 3 atom stereocenters. The summed E-state index contributed by atoms with van der Waals surface area (Å²) in [5.41, 5.74) is 5.75. The summed E-state index contributed by atoms with van der Waals surface area (Å²) in [6.45, 7) is 4.97. The summed E-state index contributed by atoms with van der Waals surface area (Å²) in [4.78, 5) is 14.1. The molecule has 0 aromatic carbocycles. The summed E-state index contributed by atoms with van der Waals surface area (Å²) in [5, 5.41) is 2.83. The van der Waals surface area contributed by atoms with E-state index in [-0.39, 0.29) is 23.5 Å². The van der Waals surface area contributed by atoms with Crippen LogP contribution in [0.2, 0.25) is 0 Å². The number of hydrogen-bond acceptors (Lipinski definition) is 5. The van der Waals surface area contributed by atoms with Gasteiger partial charge in [0.1, 0.15) is 0 Å². The molecular formula is C13H25N3O3S. The predicted octanol–water partition coefficient (Wildman–Crippen LogP) is -0.794. The fraction of sp³-hybridized carbons (Fsp3) is 0.923. The number of nitrogens with two attached hydrogens (primary N) is 1. The molecule has 3 unspecified atom stereocenters. The highest BCUT2D eigenvalue weighted by Crippen LogP contribution is 2.21. The first kappa shape index (κ1) is 15.7. The second-order valence-corrected chi connectivity index (χ2v) is 8.39. The third kappa shape index (κ3) is 4.17. The lowest BCUT2D eigenvalue weighted by molar-refractivity contribution is -0.123. The molecule has 2 aliphatic heterocycles. The Hall–Kier alpha value is -0.660. The Labute approximate surface area is 121 Å². The van der Waals surface area contributed by atoms with E-state index < -0.39 is 9.84 Å².